The largest absolute Gasteiger partial charge is 0.489 e. The summed E-state index contributed by atoms with van der Waals surface area (Å²) >= 11 is 0. The fourth-order valence-corrected chi connectivity index (χ4v) is 2.41. The lowest BCUT2D eigenvalue weighted by Gasteiger charge is -2.18. The summed E-state index contributed by atoms with van der Waals surface area (Å²) in [7, 11) is 0. The lowest BCUT2D eigenvalue weighted by atomic mass is 10.1. The van der Waals surface area contributed by atoms with Gasteiger partial charge >= 0.3 is 0 Å². The Hall–Kier alpha value is -2.85. The highest BCUT2D eigenvalue weighted by Crippen LogP contribution is 2.15. The van der Waals surface area contributed by atoms with Crippen LogP contribution in [-0.4, -0.2) is 11.5 Å². The predicted octanol–water partition coefficient (Wildman–Crippen LogP) is 3.58. The molecule has 0 amide bonds. The van der Waals surface area contributed by atoms with Crippen LogP contribution in [0.15, 0.2) is 79.1 Å². The van der Waals surface area contributed by atoms with E-state index in [2.05, 4.69) is 29.2 Å². The number of nitrogens with two attached hydrogens (primary N) is 1. The van der Waals surface area contributed by atoms with E-state index in [1.165, 1.54) is 5.56 Å². The first-order chi connectivity index (χ1) is 11.8. The van der Waals surface area contributed by atoms with Crippen molar-refractivity contribution in [3.05, 3.63) is 90.3 Å². The molecule has 1 heterocycles. The molecular formula is C20H21N3O. The smallest absolute Gasteiger partial charge is 0.119 e. The van der Waals surface area contributed by atoms with E-state index < -0.39 is 0 Å². The predicted molar refractivity (Wildman–Crippen MR) is 96.7 cm³/mol. The van der Waals surface area contributed by atoms with Gasteiger partial charge in [0, 0.05) is 18.9 Å². The zero-order valence-corrected chi connectivity index (χ0v) is 13.5. The van der Waals surface area contributed by atoms with E-state index in [1.54, 1.807) is 17.4 Å². The van der Waals surface area contributed by atoms with Crippen molar-refractivity contribution in [1.82, 2.24) is 4.98 Å². The summed E-state index contributed by atoms with van der Waals surface area (Å²) in [6.07, 6.45) is 4.36. The fraction of sp³-hybridized carbons (Fsp3) is 0.150. The van der Waals surface area contributed by atoms with Crippen LogP contribution < -0.4 is 15.6 Å². The fourth-order valence-electron chi connectivity index (χ4n) is 2.41. The van der Waals surface area contributed by atoms with E-state index >= 15 is 0 Å². The zero-order valence-electron chi connectivity index (χ0n) is 13.5. The van der Waals surface area contributed by atoms with E-state index in [1.807, 2.05) is 42.5 Å². The Labute approximate surface area is 142 Å². The lowest BCUT2D eigenvalue weighted by molar-refractivity contribution is 0.306. The van der Waals surface area contributed by atoms with Crippen LogP contribution in [0.2, 0.25) is 0 Å². The minimum Gasteiger partial charge on any atom is -0.489 e. The Morgan fingerprint density at radius 3 is 2.25 bits per heavy atom. The quantitative estimate of drug-likeness (QED) is 0.534. The molecule has 3 rings (SSSR count). The van der Waals surface area contributed by atoms with Crippen LogP contribution >= 0.6 is 0 Å². The van der Waals surface area contributed by atoms with Gasteiger partial charge in [-0.15, -0.1) is 0 Å². The van der Waals surface area contributed by atoms with Gasteiger partial charge in [-0.1, -0.05) is 42.5 Å². The van der Waals surface area contributed by atoms with Gasteiger partial charge in [-0.3, -0.25) is 4.98 Å². The molecule has 0 saturated carbocycles. The Bertz CT molecular complexity index is 730. The Morgan fingerprint density at radius 2 is 1.54 bits per heavy atom. The van der Waals surface area contributed by atoms with Gasteiger partial charge in [0.05, 0.1) is 5.69 Å². The van der Waals surface area contributed by atoms with E-state index in [9.17, 15) is 0 Å². The maximum Gasteiger partial charge on any atom is 0.119 e. The second-order valence-electron chi connectivity index (χ2n) is 5.57. The number of benzene rings is 2. The molecule has 0 saturated heterocycles. The molecule has 0 fully saturated rings. The Kier molecular flexibility index (Phi) is 5.43. The maximum absolute atomic E-state index is 6.07. The van der Waals surface area contributed by atoms with Gasteiger partial charge in [-0.25, -0.2) is 5.84 Å². The number of nitrogens with zero attached hydrogens (tertiary/aromatic N) is 2. The second-order valence-corrected chi connectivity index (χ2v) is 5.57. The number of ether oxygens (including phenoxy) is 1. The molecule has 3 aromatic rings. The van der Waals surface area contributed by atoms with Gasteiger partial charge in [-0.2, -0.15) is 0 Å². The number of rotatable bonds is 7. The van der Waals surface area contributed by atoms with Crippen LogP contribution in [0.1, 0.15) is 11.1 Å². The number of hydrogen-bond donors (Lipinski definition) is 1. The van der Waals surface area contributed by atoms with E-state index in [0.717, 1.165) is 30.0 Å². The molecule has 4 nitrogen and oxygen atoms in total. The first-order valence-corrected chi connectivity index (χ1v) is 7.99. The molecule has 4 heteroatoms. The average molecular weight is 319 g/mol. The zero-order chi connectivity index (χ0) is 16.6. The number of hydrazine groups is 1. The van der Waals surface area contributed by atoms with Crippen LogP contribution in [0.4, 0.5) is 5.69 Å². The third-order valence-electron chi connectivity index (χ3n) is 3.81. The van der Waals surface area contributed by atoms with Crippen molar-refractivity contribution in [1.29, 1.82) is 0 Å². The third-order valence-corrected chi connectivity index (χ3v) is 3.81. The van der Waals surface area contributed by atoms with Gasteiger partial charge in [0.15, 0.2) is 0 Å². The SMILES string of the molecule is NN(CCc1ccc(OCc2ccccc2)cc1)c1ccncc1. The molecule has 0 unspecified atom stereocenters. The monoisotopic (exact) mass is 319 g/mol. The molecule has 0 aliphatic rings. The van der Waals surface area contributed by atoms with Gasteiger partial charge in [0.1, 0.15) is 12.4 Å². The number of anilines is 1. The molecule has 122 valence electrons. The van der Waals surface area contributed by atoms with Crippen LogP contribution in [0, 0.1) is 0 Å². The van der Waals surface area contributed by atoms with Gasteiger partial charge in [-0.05, 0) is 41.8 Å². The number of pyridine rings is 1. The van der Waals surface area contributed by atoms with Crippen molar-refractivity contribution in [3.8, 4) is 5.75 Å². The van der Waals surface area contributed by atoms with Crippen molar-refractivity contribution in [3.63, 3.8) is 0 Å². The molecule has 2 N–H and O–H groups in total. The molecular weight excluding hydrogens is 298 g/mol. The number of aromatic nitrogens is 1. The molecule has 24 heavy (non-hydrogen) atoms. The standard InChI is InChI=1S/C20H21N3O/c21-23(19-10-13-22-14-11-19)15-12-17-6-8-20(9-7-17)24-16-18-4-2-1-3-5-18/h1-11,13-14H,12,15-16,21H2. The highest BCUT2D eigenvalue weighted by molar-refractivity contribution is 5.42. The van der Waals surface area contributed by atoms with Gasteiger partial charge in [0.2, 0.25) is 0 Å². The van der Waals surface area contributed by atoms with Crippen molar-refractivity contribution >= 4 is 5.69 Å². The second kappa shape index (κ2) is 8.13. The molecule has 0 radical (unpaired) electrons. The summed E-state index contributed by atoms with van der Waals surface area (Å²) in [5, 5.41) is 1.74. The van der Waals surface area contributed by atoms with Gasteiger partial charge < -0.3 is 9.75 Å². The lowest BCUT2D eigenvalue weighted by Crippen LogP contribution is -2.32. The summed E-state index contributed by atoms with van der Waals surface area (Å²) in [6.45, 7) is 1.33. The highest BCUT2D eigenvalue weighted by Gasteiger charge is 2.02. The van der Waals surface area contributed by atoms with E-state index in [-0.39, 0.29) is 0 Å². The van der Waals surface area contributed by atoms with Crippen LogP contribution in [0.5, 0.6) is 5.75 Å². The summed E-state index contributed by atoms with van der Waals surface area (Å²) < 4.78 is 5.80. The van der Waals surface area contributed by atoms with Gasteiger partial charge in [0.25, 0.3) is 0 Å². The third kappa shape index (κ3) is 4.57. The molecule has 0 bridgehead atoms. The van der Waals surface area contributed by atoms with Crippen molar-refractivity contribution in [2.24, 2.45) is 5.84 Å². The molecule has 0 atom stereocenters. The minimum atomic E-state index is 0.582. The maximum atomic E-state index is 6.07. The Morgan fingerprint density at radius 1 is 0.833 bits per heavy atom. The molecule has 2 aromatic carbocycles. The first kappa shape index (κ1) is 16.0. The van der Waals surface area contributed by atoms with Crippen molar-refractivity contribution < 1.29 is 4.74 Å². The van der Waals surface area contributed by atoms with E-state index in [0.29, 0.717) is 6.61 Å². The average Bonchev–Trinajstić information content (AvgIpc) is 2.67. The van der Waals surface area contributed by atoms with Crippen molar-refractivity contribution in [2.45, 2.75) is 13.0 Å². The van der Waals surface area contributed by atoms with Crippen molar-refractivity contribution in [2.75, 3.05) is 11.6 Å². The number of hydrogen-bond acceptors (Lipinski definition) is 4. The van der Waals surface area contributed by atoms with Crippen LogP contribution in [-0.2, 0) is 13.0 Å². The van der Waals surface area contributed by atoms with Crippen LogP contribution in [0.3, 0.4) is 0 Å². The normalized spacial score (nSPS) is 10.4. The summed E-state index contributed by atoms with van der Waals surface area (Å²) in [4.78, 5) is 4.00. The summed E-state index contributed by atoms with van der Waals surface area (Å²) in [5.74, 6) is 6.94. The van der Waals surface area contributed by atoms with Crippen LogP contribution in [0.25, 0.3) is 0 Å². The molecule has 1 aromatic heterocycles. The van der Waals surface area contributed by atoms with E-state index in [4.69, 9.17) is 10.6 Å². The first-order valence-electron chi connectivity index (χ1n) is 7.99. The highest BCUT2D eigenvalue weighted by atomic mass is 16.5. The molecule has 0 spiro atoms. The Balaban J connectivity index is 1.49. The molecule has 0 aliphatic carbocycles. The molecule has 0 aliphatic heterocycles. The summed E-state index contributed by atoms with van der Waals surface area (Å²) in [5.41, 5.74) is 3.36. The summed E-state index contributed by atoms with van der Waals surface area (Å²) in [6, 6.07) is 22.1. The topological polar surface area (TPSA) is 51.4 Å². The minimum absolute atomic E-state index is 0.582.